The fourth-order valence-electron chi connectivity index (χ4n) is 7.60. The largest absolute Gasteiger partial charge is 0.0713 e. The number of hydrogen-bond acceptors (Lipinski definition) is 0. The third-order valence-corrected chi connectivity index (χ3v) is 9.73. The van der Waals surface area contributed by atoms with Crippen molar-refractivity contribution in [2.45, 2.75) is 5.41 Å². The smallest absolute Gasteiger partial charge is 0.0622 e. The Hall–Kier alpha value is -5.72. The van der Waals surface area contributed by atoms with Crippen molar-refractivity contribution in [2.24, 2.45) is 0 Å². The summed E-state index contributed by atoms with van der Waals surface area (Å²) in [6, 6.07) is 67.0. The average Bonchev–Trinajstić information content (AvgIpc) is 3.42. The van der Waals surface area contributed by atoms with Crippen LogP contribution in [0.15, 0.2) is 182 Å². The second-order valence-corrected chi connectivity index (χ2v) is 12.1. The molecule has 8 aromatic rings. The molecular formula is C45H30. The molecule has 0 spiro atoms. The SMILES string of the molecule is c1ccc(C2(c3ccc(-c4ccc(-c5ccc6cc7ccccc7cc6c5)cc4)cc3)c3ccccc3-c3ccccc32)cc1. The lowest BCUT2D eigenvalue weighted by atomic mass is 9.67. The molecule has 8 aromatic carbocycles. The van der Waals surface area contributed by atoms with Gasteiger partial charge in [0.2, 0.25) is 0 Å². The van der Waals surface area contributed by atoms with Gasteiger partial charge < -0.3 is 0 Å². The van der Waals surface area contributed by atoms with E-state index in [4.69, 9.17) is 0 Å². The van der Waals surface area contributed by atoms with E-state index in [0.717, 1.165) is 0 Å². The molecule has 0 saturated heterocycles. The fraction of sp³-hybridized carbons (Fsp3) is 0.0222. The summed E-state index contributed by atoms with van der Waals surface area (Å²) in [5, 5.41) is 5.10. The molecule has 9 rings (SSSR count). The normalized spacial score (nSPS) is 13.1. The molecule has 0 atom stereocenters. The van der Waals surface area contributed by atoms with Crippen LogP contribution in [0.5, 0.6) is 0 Å². The molecule has 0 saturated carbocycles. The van der Waals surface area contributed by atoms with Crippen LogP contribution in [0.2, 0.25) is 0 Å². The molecule has 1 aliphatic rings. The molecule has 0 nitrogen and oxygen atoms in total. The van der Waals surface area contributed by atoms with E-state index in [-0.39, 0.29) is 5.41 Å². The van der Waals surface area contributed by atoms with Crippen LogP contribution >= 0.6 is 0 Å². The Labute approximate surface area is 263 Å². The highest BCUT2D eigenvalue weighted by Crippen LogP contribution is 2.56. The van der Waals surface area contributed by atoms with Crippen LogP contribution < -0.4 is 0 Å². The van der Waals surface area contributed by atoms with Gasteiger partial charge in [-0.1, -0.05) is 164 Å². The molecule has 0 fully saturated rings. The van der Waals surface area contributed by atoms with Gasteiger partial charge in [-0.2, -0.15) is 0 Å². The van der Waals surface area contributed by atoms with Gasteiger partial charge in [-0.05, 0) is 95.4 Å². The Morgan fingerprint density at radius 1 is 0.267 bits per heavy atom. The van der Waals surface area contributed by atoms with Gasteiger partial charge in [0.1, 0.15) is 0 Å². The van der Waals surface area contributed by atoms with Crippen molar-refractivity contribution in [3.8, 4) is 33.4 Å². The van der Waals surface area contributed by atoms with Crippen molar-refractivity contribution in [3.05, 3.63) is 204 Å². The molecule has 1 aliphatic carbocycles. The van der Waals surface area contributed by atoms with Crippen molar-refractivity contribution in [1.82, 2.24) is 0 Å². The van der Waals surface area contributed by atoms with Gasteiger partial charge in [0.05, 0.1) is 5.41 Å². The van der Waals surface area contributed by atoms with Gasteiger partial charge in [0, 0.05) is 0 Å². The van der Waals surface area contributed by atoms with Crippen LogP contribution in [0.3, 0.4) is 0 Å². The molecule has 0 N–H and O–H groups in total. The summed E-state index contributed by atoms with van der Waals surface area (Å²) in [6.07, 6.45) is 0. The van der Waals surface area contributed by atoms with Crippen molar-refractivity contribution >= 4 is 21.5 Å². The molecule has 0 aromatic heterocycles. The summed E-state index contributed by atoms with van der Waals surface area (Å²) >= 11 is 0. The molecule has 0 heterocycles. The summed E-state index contributed by atoms with van der Waals surface area (Å²) in [6.45, 7) is 0. The first-order valence-corrected chi connectivity index (χ1v) is 15.7. The topological polar surface area (TPSA) is 0 Å². The standard InChI is InChI=1S/C45H30/c1-2-12-39(13-3-1)45(43-16-8-6-14-41(43)42-15-7-9-17-44(42)45)40-26-24-32(25-27-40)31-18-20-33(21-19-31)36-22-23-37-28-34-10-4-5-11-35(34)29-38(37)30-36/h1-30H. The number of rotatable bonds is 4. The van der Waals surface area contributed by atoms with E-state index in [0.29, 0.717) is 0 Å². The van der Waals surface area contributed by atoms with E-state index in [1.807, 2.05) is 0 Å². The van der Waals surface area contributed by atoms with E-state index >= 15 is 0 Å². The van der Waals surface area contributed by atoms with Gasteiger partial charge in [-0.3, -0.25) is 0 Å². The highest BCUT2D eigenvalue weighted by atomic mass is 14.5. The van der Waals surface area contributed by atoms with Crippen molar-refractivity contribution in [1.29, 1.82) is 0 Å². The lowest BCUT2D eigenvalue weighted by Crippen LogP contribution is -2.28. The first kappa shape index (κ1) is 25.7. The monoisotopic (exact) mass is 570 g/mol. The zero-order chi connectivity index (χ0) is 29.8. The second-order valence-electron chi connectivity index (χ2n) is 12.1. The number of fused-ring (bicyclic) bond motifs is 5. The Morgan fingerprint density at radius 2 is 0.689 bits per heavy atom. The Morgan fingerprint density at radius 3 is 1.31 bits per heavy atom. The zero-order valence-electron chi connectivity index (χ0n) is 24.8. The average molecular weight is 571 g/mol. The van der Waals surface area contributed by atoms with Crippen LogP contribution in [-0.4, -0.2) is 0 Å². The Bertz CT molecular complexity index is 2300. The highest BCUT2D eigenvalue weighted by molar-refractivity contribution is 5.99. The number of hydrogen-bond donors (Lipinski definition) is 0. The lowest BCUT2D eigenvalue weighted by Gasteiger charge is -2.34. The van der Waals surface area contributed by atoms with E-state index in [2.05, 4.69) is 182 Å². The predicted molar refractivity (Wildman–Crippen MR) is 190 cm³/mol. The van der Waals surface area contributed by atoms with E-state index in [1.165, 1.54) is 77.2 Å². The van der Waals surface area contributed by atoms with Crippen LogP contribution in [0, 0.1) is 0 Å². The molecule has 45 heavy (non-hydrogen) atoms. The van der Waals surface area contributed by atoms with Crippen LogP contribution in [-0.2, 0) is 5.41 Å². The van der Waals surface area contributed by atoms with Gasteiger partial charge in [-0.15, -0.1) is 0 Å². The zero-order valence-corrected chi connectivity index (χ0v) is 24.8. The summed E-state index contributed by atoms with van der Waals surface area (Å²) in [4.78, 5) is 0. The fourth-order valence-corrected chi connectivity index (χ4v) is 7.60. The number of benzene rings is 8. The molecule has 0 aliphatic heterocycles. The third-order valence-electron chi connectivity index (χ3n) is 9.73. The Kier molecular flexibility index (Phi) is 5.83. The summed E-state index contributed by atoms with van der Waals surface area (Å²) in [7, 11) is 0. The first-order chi connectivity index (χ1) is 22.3. The van der Waals surface area contributed by atoms with E-state index in [9.17, 15) is 0 Å². The summed E-state index contributed by atoms with van der Waals surface area (Å²) < 4.78 is 0. The quantitative estimate of drug-likeness (QED) is 0.185. The van der Waals surface area contributed by atoms with Gasteiger partial charge in [0.25, 0.3) is 0 Å². The third kappa shape index (κ3) is 4.00. The molecule has 210 valence electrons. The van der Waals surface area contributed by atoms with Gasteiger partial charge in [0.15, 0.2) is 0 Å². The van der Waals surface area contributed by atoms with Crippen LogP contribution in [0.1, 0.15) is 22.3 Å². The van der Waals surface area contributed by atoms with Gasteiger partial charge >= 0.3 is 0 Å². The van der Waals surface area contributed by atoms with E-state index in [1.54, 1.807) is 0 Å². The van der Waals surface area contributed by atoms with Crippen molar-refractivity contribution in [2.75, 3.05) is 0 Å². The minimum Gasteiger partial charge on any atom is -0.0622 e. The minimum atomic E-state index is -0.363. The molecule has 0 heteroatoms. The van der Waals surface area contributed by atoms with Crippen molar-refractivity contribution < 1.29 is 0 Å². The Balaban J connectivity index is 1.10. The maximum absolute atomic E-state index is 2.34. The van der Waals surface area contributed by atoms with Crippen LogP contribution in [0.25, 0.3) is 54.9 Å². The minimum absolute atomic E-state index is 0.363. The maximum Gasteiger partial charge on any atom is 0.0713 e. The van der Waals surface area contributed by atoms with Crippen LogP contribution in [0.4, 0.5) is 0 Å². The second kappa shape index (κ2) is 10.2. The maximum atomic E-state index is 2.34. The summed E-state index contributed by atoms with van der Waals surface area (Å²) in [5.41, 5.74) is 12.5. The predicted octanol–water partition coefficient (Wildman–Crippen LogP) is 11.7. The first-order valence-electron chi connectivity index (χ1n) is 15.7. The van der Waals surface area contributed by atoms with E-state index < -0.39 is 0 Å². The molecule has 0 radical (unpaired) electrons. The molecule has 0 bridgehead atoms. The lowest BCUT2D eigenvalue weighted by molar-refractivity contribution is 0.768. The molecule has 0 amide bonds. The van der Waals surface area contributed by atoms with Gasteiger partial charge in [-0.25, -0.2) is 0 Å². The molecule has 0 unspecified atom stereocenters. The summed E-state index contributed by atoms with van der Waals surface area (Å²) in [5.74, 6) is 0. The highest BCUT2D eigenvalue weighted by Gasteiger charge is 2.45. The van der Waals surface area contributed by atoms with Crippen molar-refractivity contribution in [3.63, 3.8) is 0 Å². The molecular weight excluding hydrogens is 540 g/mol.